The predicted octanol–water partition coefficient (Wildman–Crippen LogP) is 1.09. The summed E-state index contributed by atoms with van der Waals surface area (Å²) in [7, 11) is -4.84. The van der Waals surface area contributed by atoms with Crippen molar-refractivity contribution in [1.29, 1.82) is 0 Å². The van der Waals surface area contributed by atoms with Gasteiger partial charge < -0.3 is 8.92 Å². The first-order valence-electron chi connectivity index (χ1n) is 5.66. The van der Waals surface area contributed by atoms with Crippen LogP contribution >= 0.6 is 0 Å². The van der Waals surface area contributed by atoms with Crippen LogP contribution in [0, 0.1) is 5.92 Å². The Kier molecular flexibility index (Phi) is 7.53. The normalized spacial score (nSPS) is 12.8. The molecule has 1 atom stereocenters. The second-order valence-electron chi connectivity index (χ2n) is 3.74. The van der Waals surface area contributed by atoms with Gasteiger partial charge in [0.2, 0.25) is 0 Å². The van der Waals surface area contributed by atoms with E-state index < -0.39 is 28.3 Å². The third kappa shape index (κ3) is 8.02. The van der Waals surface area contributed by atoms with E-state index in [-0.39, 0.29) is 19.4 Å². The lowest BCUT2D eigenvalue weighted by Crippen LogP contribution is -2.24. The van der Waals surface area contributed by atoms with Gasteiger partial charge in [-0.1, -0.05) is 20.3 Å². The Labute approximate surface area is 106 Å². The van der Waals surface area contributed by atoms with E-state index in [9.17, 15) is 18.0 Å². The molecule has 0 aromatic heterocycles. The molecule has 0 spiro atoms. The first-order valence-corrected chi connectivity index (χ1v) is 7.03. The highest BCUT2D eigenvalue weighted by Crippen LogP contribution is 2.15. The van der Waals surface area contributed by atoms with Crippen LogP contribution in [0.3, 0.4) is 0 Å². The molecule has 0 aromatic rings. The summed E-state index contributed by atoms with van der Waals surface area (Å²) in [6.45, 7) is 3.83. The highest BCUT2D eigenvalue weighted by atomic mass is 32.3. The molecule has 0 heterocycles. The fraction of sp³-hybridized carbons (Fsp3) is 0.800. The topological polar surface area (TPSA) is 107 Å². The van der Waals surface area contributed by atoms with Gasteiger partial charge in [0, 0.05) is 0 Å². The summed E-state index contributed by atoms with van der Waals surface area (Å²) < 4.78 is 37.8. The molecule has 0 aliphatic carbocycles. The van der Waals surface area contributed by atoms with Gasteiger partial charge in [0.25, 0.3) is 0 Å². The maximum Gasteiger partial charge on any atom is 0.448 e. The van der Waals surface area contributed by atoms with E-state index in [2.05, 4.69) is 4.18 Å². The van der Waals surface area contributed by atoms with Crippen molar-refractivity contribution in [3.63, 3.8) is 0 Å². The van der Waals surface area contributed by atoms with Gasteiger partial charge in [-0.05, 0) is 12.8 Å². The second-order valence-corrected chi connectivity index (χ2v) is 4.76. The van der Waals surface area contributed by atoms with Gasteiger partial charge in [0.1, 0.15) is 0 Å². The molecule has 106 valence electrons. The number of hydrogen-bond acceptors (Lipinski definition) is 6. The van der Waals surface area contributed by atoms with Crippen LogP contribution in [0.5, 0.6) is 0 Å². The number of esters is 1. The molecular formula is C10H18O7S. The van der Waals surface area contributed by atoms with Gasteiger partial charge in [-0.3, -0.25) is 14.1 Å². The lowest BCUT2D eigenvalue weighted by Gasteiger charge is -2.12. The van der Waals surface area contributed by atoms with Crippen molar-refractivity contribution in [2.45, 2.75) is 39.5 Å². The number of hydrogen-bond donors (Lipinski definition) is 1. The largest absolute Gasteiger partial charge is 0.466 e. The molecular weight excluding hydrogens is 264 g/mol. The minimum atomic E-state index is -4.84. The Morgan fingerprint density at radius 2 is 1.83 bits per heavy atom. The summed E-state index contributed by atoms with van der Waals surface area (Å²) in [6.07, 6.45) is 1.23. The minimum absolute atomic E-state index is 0.241. The van der Waals surface area contributed by atoms with Crippen LogP contribution in [0.2, 0.25) is 0 Å². The monoisotopic (exact) mass is 282 g/mol. The SMILES string of the molecule is CCCOC(=O)CC(CCC)C(=O)OS(=O)(=O)O. The zero-order valence-electron chi connectivity index (χ0n) is 10.4. The average molecular weight is 282 g/mol. The van der Waals surface area contributed by atoms with Crippen molar-refractivity contribution in [1.82, 2.24) is 0 Å². The molecule has 0 radical (unpaired) electrons. The van der Waals surface area contributed by atoms with Crippen molar-refractivity contribution in [2.24, 2.45) is 5.92 Å². The van der Waals surface area contributed by atoms with Crippen LogP contribution in [0.1, 0.15) is 39.5 Å². The van der Waals surface area contributed by atoms with E-state index in [4.69, 9.17) is 9.29 Å². The van der Waals surface area contributed by atoms with Gasteiger partial charge in [-0.25, -0.2) is 0 Å². The smallest absolute Gasteiger partial charge is 0.448 e. The summed E-state index contributed by atoms with van der Waals surface area (Å²) in [5.74, 6) is -2.67. The molecule has 0 amide bonds. The zero-order chi connectivity index (χ0) is 14.2. The minimum Gasteiger partial charge on any atom is -0.466 e. The number of carbonyl (C=O) groups excluding carboxylic acids is 2. The van der Waals surface area contributed by atoms with Crippen molar-refractivity contribution in [3.05, 3.63) is 0 Å². The van der Waals surface area contributed by atoms with Crippen LogP contribution in [0.4, 0.5) is 0 Å². The highest BCUT2D eigenvalue weighted by Gasteiger charge is 2.26. The maximum absolute atomic E-state index is 11.4. The van der Waals surface area contributed by atoms with E-state index in [1.54, 1.807) is 6.92 Å². The van der Waals surface area contributed by atoms with E-state index in [0.29, 0.717) is 12.8 Å². The molecule has 0 bridgehead atoms. The molecule has 0 fully saturated rings. The highest BCUT2D eigenvalue weighted by molar-refractivity contribution is 7.81. The Bertz CT molecular complexity index is 374. The van der Waals surface area contributed by atoms with Gasteiger partial charge in [-0.2, -0.15) is 8.42 Å². The molecule has 0 rings (SSSR count). The van der Waals surface area contributed by atoms with E-state index in [1.165, 1.54) is 0 Å². The van der Waals surface area contributed by atoms with Gasteiger partial charge in [0.05, 0.1) is 18.9 Å². The molecule has 0 aliphatic heterocycles. The first kappa shape index (κ1) is 16.9. The number of carbonyl (C=O) groups is 2. The molecule has 0 aromatic carbocycles. The van der Waals surface area contributed by atoms with Crippen molar-refractivity contribution >= 4 is 22.3 Å². The molecule has 1 N–H and O–H groups in total. The standard InChI is InChI=1S/C10H18O7S/c1-3-5-8(7-9(11)16-6-4-2)10(12)17-18(13,14)15/h8H,3-7H2,1-2H3,(H,13,14,15). The van der Waals surface area contributed by atoms with Crippen molar-refractivity contribution in [2.75, 3.05) is 6.61 Å². The molecule has 7 nitrogen and oxygen atoms in total. The molecule has 0 saturated heterocycles. The van der Waals surface area contributed by atoms with Crippen molar-refractivity contribution < 1.29 is 31.5 Å². The third-order valence-corrected chi connectivity index (χ3v) is 2.41. The molecule has 0 saturated carbocycles. The maximum atomic E-state index is 11.4. The average Bonchev–Trinajstić information content (AvgIpc) is 2.23. The summed E-state index contributed by atoms with van der Waals surface area (Å²) in [6, 6.07) is 0. The third-order valence-electron chi connectivity index (χ3n) is 2.04. The van der Waals surface area contributed by atoms with Crippen LogP contribution in [-0.2, 0) is 28.9 Å². The molecule has 0 aliphatic rings. The van der Waals surface area contributed by atoms with Crippen LogP contribution in [-0.4, -0.2) is 31.5 Å². The fourth-order valence-electron chi connectivity index (χ4n) is 1.30. The van der Waals surface area contributed by atoms with Crippen molar-refractivity contribution in [3.8, 4) is 0 Å². The zero-order valence-corrected chi connectivity index (χ0v) is 11.2. The lowest BCUT2D eigenvalue weighted by atomic mass is 10.0. The fourth-order valence-corrected chi connectivity index (χ4v) is 1.64. The summed E-state index contributed by atoms with van der Waals surface area (Å²) in [4.78, 5) is 22.7. The molecule has 1 unspecified atom stereocenters. The van der Waals surface area contributed by atoms with Crippen LogP contribution < -0.4 is 0 Å². The lowest BCUT2D eigenvalue weighted by molar-refractivity contribution is -0.150. The quantitative estimate of drug-likeness (QED) is 0.524. The summed E-state index contributed by atoms with van der Waals surface area (Å²) in [5.41, 5.74) is 0. The predicted molar refractivity (Wildman–Crippen MR) is 61.9 cm³/mol. The van der Waals surface area contributed by atoms with E-state index in [0.717, 1.165) is 0 Å². The Morgan fingerprint density at radius 3 is 2.28 bits per heavy atom. The molecule has 18 heavy (non-hydrogen) atoms. The Morgan fingerprint density at radius 1 is 1.22 bits per heavy atom. The summed E-state index contributed by atoms with van der Waals surface area (Å²) in [5, 5.41) is 0. The Hall–Kier alpha value is -1.15. The number of ether oxygens (including phenoxy) is 1. The summed E-state index contributed by atoms with van der Waals surface area (Å²) >= 11 is 0. The Balaban J connectivity index is 4.46. The first-order chi connectivity index (χ1) is 8.30. The van der Waals surface area contributed by atoms with E-state index in [1.807, 2.05) is 6.92 Å². The van der Waals surface area contributed by atoms with Gasteiger partial charge in [0.15, 0.2) is 0 Å². The number of rotatable bonds is 8. The molecule has 8 heteroatoms. The van der Waals surface area contributed by atoms with Crippen LogP contribution in [0.25, 0.3) is 0 Å². The second kappa shape index (κ2) is 8.04. The van der Waals surface area contributed by atoms with Gasteiger partial charge >= 0.3 is 22.3 Å². The van der Waals surface area contributed by atoms with Gasteiger partial charge in [-0.15, -0.1) is 0 Å². The van der Waals surface area contributed by atoms with E-state index >= 15 is 0 Å². The van der Waals surface area contributed by atoms with Crippen LogP contribution in [0.15, 0.2) is 0 Å².